The summed E-state index contributed by atoms with van der Waals surface area (Å²) in [6.45, 7) is 3.63. The lowest BCUT2D eigenvalue weighted by molar-refractivity contribution is -0.175. The minimum Gasteiger partial charge on any atom is -0.452 e. The summed E-state index contributed by atoms with van der Waals surface area (Å²) in [5, 5.41) is 2.84. The first-order chi connectivity index (χ1) is 12.3. The molecule has 4 aliphatic carbocycles. The fourth-order valence-corrected chi connectivity index (χ4v) is 7.15. The first-order valence-electron chi connectivity index (χ1n) is 9.55. The average Bonchev–Trinajstić information content (AvgIpc) is 2.52. The van der Waals surface area contributed by atoms with Gasteiger partial charge in [-0.2, -0.15) is 0 Å². The Labute approximate surface area is 163 Å². The summed E-state index contributed by atoms with van der Waals surface area (Å²) in [6, 6.07) is 7.61. The van der Waals surface area contributed by atoms with Crippen molar-refractivity contribution in [2.24, 2.45) is 17.3 Å². The van der Waals surface area contributed by atoms with Gasteiger partial charge in [-0.1, -0.05) is 28.1 Å². The Hall–Kier alpha value is -1.36. The van der Waals surface area contributed by atoms with Gasteiger partial charge in [-0.25, -0.2) is 0 Å². The summed E-state index contributed by atoms with van der Waals surface area (Å²) in [7, 11) is 0. The molecule has 2 unspecified atom stereocenters. The molecule has 0 heterocycles. The number of alkyl halides is 1. The Morgan fingerprint density at radius 2 is 1.92 bits per heavy atom. The first kappa shape index (κ1) is 18.0. The molecule has 0 radical (unpaired) electrons. The van der Waals surface area contributed by atoms with E-state index in [1.165, 1.54) is 19.3 Å². The molecule has 5 heteroatoms. The summed E-state index contributed by atoms with van der Waals surface area (Å²) in [4.78, 5) is 25.5. The maximum Gasteiger partial charge on any atom is 0.312 e. The molecular weight excluding hydrogens is 394 g/mol. The zero-order valence-corrected chi connectivity index (χ0v) is 17.0. The van der Waals surface area contributed by atoms with Crippen LogP contribution in [0.3, 0.4) is 0 Å². The SMILES string of the molecule is Cc1cccc(NC(=O)[C@@H](C)OC(=O)C23C[C@@H]4C[C@@H](CC(Br)(C4)C2)C3)c1. The predicted molar refractivity (Wildman–Crippen MR) is 104 cm³/mol. The van der Waals surface area contributed by atoms with Crippen LogP contribution in [0.4, 0.5) is 5.69 Å². The molecule has 1 amide bonds. The van der Waals surface area contributed by atoms with E-state index in [2.05, 4.69) is 21.2 Å². The maximum atomic E-state index is 13.0. The Morgan fingerprint density at radius 1 is 1.23 bits per heavy atom. The molecule has 5 rings (SSSR count). The van der Waals surface area contributed by atoms with Crippen LogP contribution in [0, 0.1) is 24.2 Å². The lowest BCUT2D eigenvalue weighted by atomic mass is 9.49. The van der Waals surface area contributed by atoms with E-state index in [1.54, 1.807) is 6.92 Å². The molecule has 0 aromatic heterocycles. The molecule has 1 N–H and O–H groups in total. The van der Waals surface area contributed by atoms with Gasteiger partial charge in [0.1, 0.15) is 0 Å². The van der Waals surface area contributed by atoms with Crippen LogP contribution in [0.1, 0.15) is 51.0 Å². The van der Waals surface area contributed by atoms with E-state index in [4.69, 9.17) is 4.74 Å². The Bertz CT molecular complexity index is 733. The molecule has 4 bridgehead atoms. The lowest BCUT2D eigenvalue weighted by Crippen LogP contribution is -2.56. The zero-order valence-electron chi connectivity index (χ0n) is 15.4. The number of halogens is 1. The van der Waals surface area contributed by atoms with Crippen molar-refractivity contribution in [2.45, 2.75) is 62.8 Å². The minimum atomic E-state index is -0.790. The molecule has 4 fully saturated rings. The number of carbonyl (C=O) groups is 2. The molecule has 0 spiro atoms. The quantitative estimate of drug-likeness (QED) is 0.572. The Kier molecular flexibility index (Phi) is 4.41. The van der Waals surface area contributed by atoms with Crippen LogP contribution >= 0.6 is 15.9 Å². The minimum absolute atomic E-state index is 0.100. The number of aryl methyl sites for hydroxylation is 1. The van der Waals surface area contributed by atoms with E-state index in [1.807, 2.05) is 31.2 Å². The third-order valence-electron chi connectivity index (χ3n) is 6.36. The summed E-state index contributed by atoms with van der Waals surface area (Å²) >= 11 is 3.92. The van der Waals surface area contributed by atoms with Gasteiger partial charge in [-0.05, 0) is 81.9 Å². The highest BCUT2D eigenvalue weighted by atomic mass is 79.9. The topological polar surface area (TPSA) is 55.4 Å². The third-order valence-corrected chi connectivity index (χ3v) is 7.29. The van der Waals surface area contributed by atoms with E-state index in [0.29, 0.717) is 11.8 Å². The Morgan fingerprint density at radius 3 is 2.54 bits per heavy atom. The molecule has 4 saturated carbocycles. The van der Waals surface area contributed by atoms with Crippen LogP contribution in [0.2, 0.25) is 0 Å². The summed E-state index contributed by atoms with van der Waals surface area (Å²) < 4.78 is 5.77. The van der Waals surface area contributed by atoms with Gasteiger partial charge in [0.2, 0.25) is 0 Å². The van der Waals surface area contributed by atoms with Gasteiger partial charge in [0.25, 0.3) is 5.91 Å². The summed E-state index contributed by atoms with van der Waals surface area (Å²) in [5.41, 5.74) is 1.40. The molecule has 0 saturated heterocycles. The number of rotatable bonds is 4. The largest absolute Gasteiger partial charge is 0.452 e. The van der Waals surface area contributed by atoms with Crippen LogP contribution in [-0.4, -0.2) is 22.3 Å². The van der Waals surface area contributed by atoms with E-state index in [-0.39, 0.29) is 16.2 Å². The van der Waals surface area contributed by atoms with Gasteiger partial charge in [0.15, 0.2) is 6.10 Å². The van der Waals surface area contributed by atoms with Gasteiger partial charge >= 0.3 is 5.97 Å². The number of ether oxygens (including phenoxy) is 1. The lowest BCUT2D eigenvalue weighted by Gasteiger charge is -2.58. The monoisotopic (exact) mass is 419 g/mol. The van der Waals surface area contributed by atoms with E-state index in [0.717, 1.165) is 30.5 Å². The van der Waals surface area contributed by atoms with Crippen LogP contribution < -0.4 is 5.32 Å². The number of carbonyl (C=O) groups excluding carboxylic acids is 2. The molecule has 4 aliphatic rings. The van der Waals surface area contributed by atoms with Crippen molar-refractivity contribution in [3.8, 4) is 0 Å². The second-order valence-corrected chi connectivity index (χ2v) is 10.5. The second kappa shape index (κ2) is 6.36. The number of amides is 1. The summed E-state index contributed by atoms with van der Waals surface area (Å²) in [6.07, 6.45) is 5.47. The van der Waals surface area contributed by atoms with Crippen molar-refractivity contribution < 1.29 is 14.3 Å². The van der Waals surface area contributed by atoms with E-state index >= 15 is 0 Å². The molecule has 26 heavy (non-hydrogen) atoms. The molecule has 5 atom stereocenters. The third kappa shape index (κ3) is 3.30. The first-order valence-corrected chi connectivity index (χ1v) is 10.3. The fraction of sp³-hybridized carbons (Fsp3) is 0.619. The van der Waals surface area contributed by atoms with Gasteiger partial charge in [0.05, 0.1) is 5.41 Å². The van der Waals surface area contributed by atoms with Gasteiger partial charge in [-0.15, -0.1) is 0 Å². The fourth-order valence-electron chi connectivity index (χ4n) is 5.70. The van der Waals surface area contributed by atoms with Crippen molar-refractivity contribution in [3.05, 3.63) is 29.8 Å². The standard InChI is InChI=1S/C21H26BrNO3/c1-13-4-3-5-17(6-13)23-18(24)14(2)26-19(25)20-8-15-7-16(9-20)11-21(22,10-15)12-20/h3-6,14-16H,7-12H2,1-2H3,(H,23,24)/t14-,15-,16+,20?,21?/m1/s1. The molecule has 0 aliphatic heterocycles. The molecule has 1 aromatic carbocycles. The number of anilines is 1. The van der Waals surface area contributed by atoms with Crippen molar-refractivity contribution in [1.82, 2.24) is 0 Å². The average molecular weight is 420 g/mol. The van der Waals surface area contributed by atoms with Crippen LogP contribution in [0.25, 0.3) is 0 Å². The van der Waals surface area contributed by atoms with Crippen LogP contribution in [0.5, 0.6) is 0 Å². The molecule has 1 aromatic rings. The highest BCUT2D eigenvalue weighted by molar-refractivity contribution is 9.10. The normalized spacial score (nSPS) is 35.8. The highest BCUT2D eigenvalue weighted by Gasteiger charge is 2.60. The van der Waals surface area contributed by atoms with E-state index in [9.17, 15) is 9.59 Å². The number of hydrogen-bond donors (Lipinski definition) is 1. The summed E-state index contributed by atoms with van der Waals surface area (Å²) in [5.74, 6) is 0.767. The van der Waals surface area contributed by atoms with Crippen molar-refractivity contribution in [2.75, 3.05) is 5.32 Å². The van der Waals surface area contributed by atoms with Crippen LogP contribution in [-0.2, 0) is 14.3 Å². The van der Waals surface area contributed by atoms with Gasteiger partial charge in [-0.3, -0.25) is 9.59 Å². The Balaban J connectivity index is 1.42. The van der Waals surface area contributed by atoms with E-state index < -0.39 is 11.5 Å². The number of hydrogen-bond acceptors (Lipinski definition) is 3. The van der Waals surface area contributed by atoms with Crippen molar-refractivity contribution >= 4 is 33.5 Å². The highest BCUT2D eigenvalue weighted by Crippen LogP contribution is 2.64. The number of esters is 1. The number of benzene rings is 1. The maximum absolute atomic E-state index is 13.0. The molecular formula is C21H26BrNO3. The van der Waals surface area contributed by atoms with Crippen molar-refractivity contribution in [3.63, 3.8) is 0 Å². The predicted octanol–water partition coefficient (Wildman–Crippen LogP) is 4.60. The smallest absolute Gasteiger partial charge is 0.312 e. The zero-order chi connectivity index (χ0) is 18.5. The second-order valence-electron chi connectivity index (χ2n) is 8.80. The van der Waals surface area contributed by atoms with Gasteiger partial charge in [0, 0.05) is 10.0 Å². The molecule has 4 nitrogen and oxygen atoms in total. The van der Waals surface area contributed by atoms with Crippen LogP contribution in [0.15, 0.2) is 24.3 Å². The van der Waals surface area contributed by atoms with Crippen molar-refractivity contribution in [1.29, 1.82) is 0 Å². The van der Waals surface area contributed by atoms with Gasteiger partial charge < -0.3 is 10.1 Å². The number of nitrogens with one attached hydrogen (secondary N) is 1. The molecule has 140 valence electrons.